The SMILES string of the molecule is CCOc1ccc(C(=O)NCC(C)C)cc1COc1ccc(-c2ccccc2)cc1. The van der Waals surface area contributed by atoms with Crippen LogP contribution in [0.4, 0.5) is 0 Å². The number of benzene rings is 3. The van der Waals surface area contributed by atoms with Crippen LogP contribution in [0.3, 0.4) is 0 Å². The number of nitrogens with one attached hydrogen (secondary N) is 1. The summed E-state index contributed by atoms with van der Waals surface area (Å²) in [6, 6.07) is 23.7. The van der Waals surface area contributed by atoms with Crippen LogP contribution in [-0.4, -0.2) is 19.1 Å². The van der Waals surface area contributed by atoms with Gasteiger partial charge in [-0.3, -0.25) is 4.79 Å². The highest BCUT2D eigenvalue weighted by Gasteiger charge is 2.12. The highest BCUT2D eigenvalue weighted by molar-refractivity contribution is 5.94. The van der Waals surface area contributed by atoms with Crippen molar-refractivity contribution in [2.45, 2.75) is 27.4 Å². The summed E-state index contributed by atoms with van der Waals surface area (Å²) in [6.45, 7) is 7.60. The van der Waals surface area contributed by atoms with E-state index in [1.54, 1.807) is 6.07 Å². The van der Waals surface area contributed by atoms with Gasteiger partial charge in [0.15, 0.2) is 0 Å². The first kappa shape index (κ1) is 21.4. The maximum absolute atomic E-state index is 12.4. The molecule has 0 aliphatic rings. The second-order valence-corrected chi connectivity index (χ2v) is 7.54. The van der Waals surface area contributed by atoms with E-state index in [2.05, 4.69) is 31.3 Å². The Kier molecular flexibility index (Phi) is 7.50. The molecule has 0 aliphatic heterocycles. The molecule has 0 unspecified atom stereocenters. The van der Waals surface area contributed by atoms with Gasteiger partial charge < -0.3 is 14.8 Å². The molecule has 4 heteroatoms. The predicted octanol–water partition coefficient (Wildman–Crippen LogP) is 5.72. The molecule has 0 radical (unpaired) electrons. The maximum atomic E-state index is 12.4. The van der Waals surface area contributed by atoms with E-state index in [4.69, 9.17) is 9.47 Å². The van der Waals surface area contributed by atoms with Gasteiger partial charge in [0.05, 0.1) is 6.61 Å². The molecule has 3 rings (SSSR count). The third-order valence-corrected chi connectivity index (χ3v) is 4.65. The first-order valence-corrected chi connectivity index (χ1v) is 10.4. The number of amides is 1. The zero-order chi connectivity index (χ0) is 21.3. The molecule has 1 N–H and O–H groups in total. The standard InChI is InChI=1S/C26H29NO3/c1-4-29-25-15-12-22(26(28)27-17-19(2)3)16-23(25)18-30-24-13-10-21(11-14-24)20-8-6-5-7-9-20/h5-16,19H,4,17-18H2,1-3H3,(H,27,28). The van der Waals surface area contributed by atoms with Crippen molar-refractivity contribution in [2.24, 2.45) is 5.92 Å². The molecule has 0 bridgehead atoms. The molecular weight excluding hydrogens is 374 g/mol. The van der Waals surface area contributed by atoms with Gasteiger partial charge in [-0.2, -0.15) is 0 Å². The fourth-order valence-corrected chi connectivity index (χ4v) is 3.06. The van der Waals surface area contributed by atoms with E-state index < -0.39 is 0 Å². The van der Waals surface area contributed by atoms with Crippen LogP contribution in [0.1, 0.15) is 36.7 Å². The lowest BCUT2D eigenvalue weighted by Gasteiger charge is -2.14. The van der Waals surface area contributed by atoms with E-state index >= 15 is 0 Å². The normalized spacial score (nSPS) is 10.7. The zero-order valence-corrected chi connectivity index (χ0v) is 17.9. The Morgan fingerprint density at radius 2 is 1.60 bits per heavy atom. The molecule has 3 aromatic carbocycles. The Balaban J connectivity index is 1.71. The zero-order valence-electron chi connectivity index (χ0n) is 17.9. The van der Waals surface area contributed by atoms with Crippen LogP contribution in [0.25, 0.3) is 11.1 Å². The van der Waals surface area contributed by atoms with Crippen LogP contribution >= 0.6 is 0 Å². The summed E-state index contributed by atoms with van der Waals surface area (Å²) in [5.74, 6) is 1.82. The molecule has 0 saturated carbocycles. The highest BCUT2D eigenvalue weighted by Crippen LogP contribution is 2.25. The van der Waals surface area contributed by atoms with Crippen molar-refractivity contribution in [1.29, 1.82) is 0 Å². The molecule has 0 aromatic heterocycles. The summed E-state index contributed by atoms with van der Waals surface area (Å²) < 4.78 is 11.7. The molecule has 156 valence electrons. The second kappa shape index (κ2) is 10.5. The molecule has 0 aliphatic carbocycles. The first-order valence-electron chi connectivity index (χ1n) is 10.4. The van der Waals surface area contributed by atoms with E-state index in [0.29, 0.717) is 31.2 Å². The summed E-state index contributed by atoms with van der Waals surface area (Å²) in [7, 11) is 0. The fraction of sp³-hybridized carbons (Fsp3) is 0.269. The van der Waals surface area contributed by atoms with Gasteiger partial charge in [0.25, 0.3) is 5.91 Å². The van der Waals surface area contributed by atoms with E-state index in [-0.39, 0.29) is 5.91 Å². The Hall–Kier alpha value is -3.27. The van der Waals surface area contributed by atoms with Crippen LogP contribution in [0, 0.1) is 5.92 Å². The molecule has 30 heavy (non-hydrogen) atoms. The van der Waals surface area contributed by atoms with Crippen molar-refractivity contribution in [3.63, 3.8) is 0 Å². The van der Waals surface area contributed by atoms with Gasteiger partial charge >= 0.3 is 0 Å². The van der Waals surface area contributed by atoms with Gasteiger partial charge in [-0.25, -0.2) is 0 Å². The fourth-order valence-electron chi connectivity index (χ4n) is 3.06. The van der Waals surface area contributed by atoms with E-state index in [1.165, 1.54) is 5.56 Å². The Bertz CT molecular complexity index is 950. The van der Waals surface area contributed by atoms with Crippen molar-refractivity contribution in [1.82, 2.24) is 5.32 Å². The van der Waals surface area contributed by atoms with Crippen LogP contribution < -0.4 is 14.8 Å². The molecule has 0 atom stereocenters. The van der Waals surface area contributed by atoms with Gasteiger partial charge in [0, 0.05) is 17.7 Å². The first-order chi connectivity index (χ1) is 14.6. The predicted molar refractivity (Wildman–Crippen MR) is 121 cm³/mol. The minimum atomic E-state index is -0.0831. The molecule has 3 aromatic rings. The van der Waals surface area contributed by atoms with Crippen LogP contribution in [0.2, 0.25) is 0 Å². The number of carbonyl (C=O) groups excluding carboxylic acids is 1. The van der Waals surface area contributed by atoms with Crippen LogP contribution in [0.15, 0.2) is 72.8 Å². The average Bonchev–Trinajstić information content (AvgIpc) is 2.78. The molecule has 4 nitrogen and oxygen atoms in total. The largest absolute Gasteiger partial charge is 0.493 e. The number of ether oxygens (including phenoxy) is 2. The van der Waals surface area contributed by atoms with Gasteiger partial charge in [-0.1, -0.05) is 56.3 Å². The smallest absolute Gasteiger partial charge is 0.251 e. The molecule has 0 heterocycles. The van der Waals surface area contributed by atoms with Crippen LogP contribution in [0.5, 0.6) is 11.5 Å². The number of hydrogen-bond acceptors (Lipinski definition) is 3. The Labute approximate surface area is 178 Å². The summed E-state index contributed by atoms with van der Waals surface area (Å²) in [5, 5.41) is 2.95. The van der Waals surface area contributed by atoms with E-state index in [9.17, 15) is 4.79 Å². The third-order valence-electron chi connectivity index (χ3n) is 4.65. The Morgan fingerprint density at radius 3 is 2.27 bits per heavy atom. The topological polar surface area (TPSA) is 47.6 Å². The lowest BCUT2D eigenvalue weighted by molar-refractivity contribution is 0.0949. The summed E-state index contributed by atoms with van der Waals surface area (Å²) in [5.41, 5.74) is 3.77. The number of carbonyl (C=O) groups is 1. The number of hydrogen-bond donors (Lipinski definition) is 1. The van der Waals surface area contributed by atoms with Gasteiger partial charge in [0.1, 0.15) is 18.1 Å². The van der Waals surface area contributed by atoms with E-state index in [0.717, 1.165) is 22.6 Å². The van der Waals surface area contributed by atoms with Gasteiger partial charge in [0.2, 0.25) is 0 Å². The second-order valence-electron chi connectivity index (χ2n) is 7.54. The molecular formula is C26H29NO3. The maximum Gasteiger partial charge on any atom is 0.251 e. The van der Waals surface area contributed by atoms with E-state index in [1.807, 2.05) is 61.5 Å². The third kappa shape index (κ3) is 5.86. The Morgan fingerprint density at radius 1 is 0.900 bits per heavy atom. The summed E-state index contributed by atoms with van der Waals surface area (Å²) in [4.78, 5) is 12.4. The summed E-state index contributed by atoms with van der Waals surface area (Å²) in [6.07, 6.45) is 0. The minimum absolute atomic E-state index is 0.0831. The lowest BCUT2D eigenvalue weighted by atomic mass is 10.1. The quantitative estimate of drug-likeness (QED) is 0.497. The summed E-state index contributed by atoms with van der Waals surface area (Å²) >= 11 is 0. The van der Waals surface area contributed by atoms with Crippen molar-refractivity contribution in [2.75, 3.05) is 13.2 Å². The monoisotopic (exact) mass is 403 g/mol. The number of rotatable bonds is 9. The average molecular weight is 404 g/mol. The van der Waals surface area contributed by atoms with Crippen LogP contribution in [-0.2, 0) is 6.61 Å². The van der Waals surface area contributed by atoms with Gasteiger partial charge in [-0.15, -0.1) is 0 Å². The molecule has 0 fully saturated rings. The van der Waals surface area contributed by atoms with Crippen molar-refractivity contribution in [3.8, 4) is 22.6 Å². The van der Waals surface area contributed by atoms with Crippen molar-refractivity contribution < 1.29 is 14.3 Å². The molecule has 0 saturated heterocycles. The highest BCUT2D eigenvalue weighted by atomic mass is 16.5. The molecule has 0 spiro atoms. The molecule has 1 amide bonds. The van der Waals surface area contributed by atoms with Crippen molar-refractivity contribution in [3.05, 3.63) is 83.9 Å². The van der Waals surface area contributed by atoms with Crippen molar-refractivity contribution >= 4 is 5.91 Å². The lowest BCUT2D eigenvalue weighted by Crippen LogP contribution is -2.27. The van der Waals surface area contributed by atoms with Gasteiger partial charge in [-0.05, 0) is 54.3 Å². The minimum Gasteiger partial charge on any atom is -0.493 e.